The third-order valence-electron chi connectivity index (χ3n) is 8.61. The molecule has 1 saturated carbocycles. The van der Waals surface area contributed by atoms with Crippen molar-refractivity contribution >= 4 is 27.6 Å². The summed E-state index contributed by atoms with van der Waals surface area (Å²) in [5.74, 6) is -0.385. The van der Waals surface area contributed by atoms with Crippen molar-refractivity contribution in [2.75, 3.05) is 31.2 Å². The standard InChI is InChI=1S/C29H37BrN2O3/c1-19(2)23-6-4-5-7-24(23)27-18-35-13-12-32(27)22-16-29(17-22)10-11-31(20(3)15-29)21-8-9-25(28(33)34)26(30)14-21/h4-9,14,19-20,22,27H,10-13,15-18H2,1-3H3,(H,33,34)/t20?,22?,27-,29?/m0/s1. The third-order valence-corrected chi connectivity index (χ3v) is 9.27. The van der Waals surface area contributed by atoms with E-state index in [-0.39, 0.29) is 0 Å². The maximum atomic E-state index is 11.4. The van der Waals surface area contributed by atoms with Crippen LogP contribution < -0.4 is 4.90 Å². The number of carbonyl (C=O) groups is 1. The Balaban J connectivity index is 1.26. The second kappa shape index (κ2) is 9.87. The molecular formula is C29H37BrN2O3. The van der Waals surface area contributed by atoms with Gasteiger partial charge in [0.1, 0.15) is 0 Å². The van der Waals surface area contributed by atoms with Gasteiger partial charge in [-0.1, -0.05) is 38.1 Å². The molecule has 1 spiro atoms. The van der Waals surface area contributed by atoms with E-state index in [1.807, 2.05) is 12.1 Å². The topological polar surface area (TPSA) is 53.0 Å². The van der Waals surface area contributed by atoms with Crippen LogP contribution in [0.15, 0.2) is 46.9 Å². The van der Waals surface area contributed by atoms with Gasteiger partial charge in [0, 0.05) is 35.3 Å². The number of carboxylic acid groups (broad SMARTS) is 1. The Hall–Kier alpha value is -1.89. The fourth-order valence-corrected chi connectivity index (χ4v) is 7.40. The summed E-state index contributed by atoms with van der Waals surface area (Å²) in [6.45, 7) is 10.6. The normalized spacial score (nSPS) is 29.4. The Kier molecular flexibility index (Phi) is 6.99. The first-order valence-electron chi connectivity index (χ1n) is 13.0. The minimum absolute atomic E-state index is 0.316. The molecule has 3 fully saturated rings. The van der Waals surface area contributed by atoms with E-state index in [4.69, 9.17) is 4.74 Å². The molecule has 0 bridgehead atoms. The van der Waals surface area contributed by atoms with E-state index in [0.29, 0.717) is 39.5 Å². The Labute approximate surface area is 217 Å². The van der Waals surface area contributed by atoms with Gasteiger partial charge >= 0.3 is 5.97 Å². The first-order chi connectivity index (χ1) is 16.8. The molecule has 2 saturated heterocycles. The molecule has 3 aliphatic rings. The predicted octanol–water partition coefficient (Wildman–Crippen LogP) is 6.48. The molecule has 5 rings (SSSR count). The number of nitrogens with zero attached hydrogens (tertiary/aromatic N) is 2. The number of benzene rings is 2. The second-order valence-corrected chi connectivity index (χ2v) is 12.0. The molecule has 35 heavy (non-hydrogen) atoms. The number of anilines is 1. The minimum atomic E-state index is -0.896. The largest absolute Gasteiger partial charge is 0.478 e. The Bertz CT molecular complexity index is 1080. The first kappa shape index (κ1) is 24.8. The molecule has 5 nitrogen and oxygen atoms in total. The lowest BCUT2D eigenvalue weighted by atomic mass is 9.58. The molecule has 0 radical (unpaired) electrons. The van der Waals surface area contributed by atoms with Crippen LogP contribution in [0.5, 0.6) is 0 Å². The molecule has 1 N–H and O–H groups in total. The van der Waals surface area contributed by atoms with Crippen LogP contribution in [0.3, 0.4) is 0 Å². The molecular weight excluding hydrogens is 504 g/mol. The molecule has 2 aromatic carbocycles. The molecule has 2 heterocycles. The predicted molar refractivity (Wildman–Crippen MR) is 143 cm³/mol. The first-order valence-corrected chi connectivity index (χ1v) is 13.8. The highest BCUT2D eigenvalue weighted by molar-refractivity contribution is 9.10. The SMILES string of the molecule is CC(C)c1ccccc1[C@@H]1COCCN1C1CC2(CCN(c3ccc(C(=O)O)c(Br)c3)C(C)C2)C1. The zero-order valence-electron chi connectivity index (χ0n) is 21.0. The van der Waals surface area contributed by atoms with Crippen molar-refractivity contribution in [2.24, 2.45) is 5.41 Å². The van der Waals surface area contributed by atoms with Gasteiger partial charge in [-0.3, -0.25) is 4.90 Å². The quantitative estimate of drug-likeness (QED) is 0.470. The Morgan fingerprint density at radius 3 is 2.60 bits per heavy atom. The van der Waals surface area contributed by atoms with Crippen molar-refractivity contribution in [1.82, 2.24) is 4.90 Å². The fourth-order valence-electron chi connectivity index (χ4n) is 6.86. The molecule has 2 atom stereocenters. The number of hydrogen-bond acceptors (Lipinski definition) is 4. The average Bonchev–Trinajstić information content (AvgIpc) is 2.82. The van der Waals surface area contributed by atoms with Gasteiger partial charge in [0.2, 0.25) is 0 Å². The third kappa shape index (κ3) is 4.77. The van der Waals surface area contributed by atoms with E-state index in [9.17, 15) is 9.90 Å². The van der Waals surface area contributed by atoms with Crippen molar-refractivity contribution in [1.29, 1.82) is 0 Å². The number of ether oxygens (including phenoxy) is 1. The summed E-state index contributed by atoms with van der Waals surface area (Å²) in [6.07, 6.45) is 4.93. The van der Waals surface area contributed by atoms with Crippen LogP contribution in [0.25, 0.3) is 0 Å². The van der Waals surface area contributed by atoms with Crippen LogP contribution in [-0.4, -0.2) is 54.4 Å². The Morgan fingerprint density at radius 2 is 1.91 bits per heavy atom. The highest BCUT2D eigenvalue weighted by atomic mass is 79.9. The highest BCUT2D eigenvalue weighted by Crippen LogP contribution is 2.54. The maximum Gasteiger partial charge on any atom is 0.336 e. The number of halogens is 1. The lowest BCUT2D eigenvalue weighted by Crippen LogP contribution is -2.59. The van der Waals surface area contributed by atoms with Crippen molar-refractivity contribution in [3.05, 3.63) is 63.6 Å². The molecule has 2 aromatic rings. The number of carboxylic acids is 1. The molecule has 1 unspecified atom stereocenters. The van der Waals surface area contributed by atoms with E-state index in [2.05, 4.69) is 70.8 Å². The maximum absolute atomic E-state index is 11.4. The molecule has 1 aliphatic carbocycles. The van der Waals surface area contributed by atoms with E-state index >= 15 is 0 Å². The molecule has 188 valence electrons. The average molecular weight is 542 g/mol. The summed E-state index contributed by atoms with van der Waals surface area (Å²) in [5, 5.41) is 9.34. The Morgan fingerprint density at radius 1 is 1.14 bits per heavy atom. The van der Waals surface area contributed by atoms with Crippen LogP contribution in [0, 0.1) is 5.41 Å². The molecule has 0 aromatic heterocycles. The van der Waals surface area contributed by atoms with Gasteiger partial charge in [-0.25, -0.2) is 4.79 Å². The van der Waals surface area contributed by atoms with Crippen LogP contribution in [0.2, 0.25) is 0 Å². The lowest BCUT2D eigenvalue weighted by Gasteiger charge is -2.59. The summed E-state index contributed by atoms with van der Waals surface area (Å²) in [4.78, 5) is 16.6. The van der Waals surface area contributed by atoms with E-state index in [1.54, 1.807) is 6.07 Å². The number of hydrogen-bond donors (Lipinski definition) is 1. The highest BCUT2D eigenvalue weighted by Gasteiger charge is 2.51. The summed E-state index contributed by atoms with van der Waals surface area (Å²) in [6, 6.07) is 16.0. The van der Waals surface area contributed by atoms with Crippen LogP contribution in [-0.2, 0) is 4.74 Å². The summed E-state index contributed by atoms with van der Waals surface area (Å²) >= 11 is 3.45. The number of morpholine rings is 1. The number of rotatable bonds is 5. The van der Waals surface area contributed by atoms with Gasteiger partial charge in [0.25, 0.3) is 0 Å². The van der Waals surface area contributed by atoms with Crippen LogP contribution >= 0.6 is 15.9 Å². The monoisotopic (exact) mass is 540 g/mol. The molecule has 0 amide bonds. The summed E-state index contributed by atoms with van der Waals surface area (Å²) in [5.41, 5.74) is 4.75. The summed E-state index contributed by atoms with van der Waals surface area (Å²) < 4.78 is 6.63. The van der Waals surface area contributed by atoms with E-state index in [0.717, 1.165) is 32.0 Å². The van der Waals surface area contributed by atoms with Crippen molar-refractivity contribution in [2.45, 2.75) is 70.5 Å². The second-order valence-electron chi connectivity index (χ2n) is 11.1. The smallest absolute Gasteiger partial charge is 0.336 e. The number of aromatic carboxylic acids is 1. The van der Waals surface area contributed by atoms with E-state index in [1.165, 1.54) is 36.8 Å². The van der Waals surface area contributed by atoms with Gasteiger partial charge in [0.15, 0.2) is 0 Å². The molecule has 2 aliphatic heterocycles. The van der Waals surface area contributed by atoms with Gasteiger partial charge < -0.3 is 14.7 Å². The van der Waals surface area contributed by atoms with Gasteiger partial charge in [0.05, 0.1) is 24.8 Å². The number of piperidine rings is 1. The lowest BCUT2D eigenvalue weighted by molar-refractivity contribution is -0.0939. The zero-order valence-corrected chi connectivity index (χ0v) is 22.6. The van der Waals surface area contributed by atoms with Crippen molar-refractivity contribution in [3.63, 3.8) is 0 Å². The fraction of sp³-hybridized carbons (Fsp3) is 0.552. The van der Waals surface area contributed by atoms with Gasteiger partial charge in [-0.15, -0.1) is 0 Å². The van der Waals surface area contributed by atoms with Gasteiger partial charge in [-0.05, 0) is 89.2 Å². The molecule has 6 heteroatoms. The van der Waals surface area contributed by atoms with Crippen LogP contribution in [0.1, 0.15) is 79.9 Å². The minimum Gasteiger partial charge on any atom is -0.478 e. The van der Waals surface area contributed by atoms with Gasteiger partial charge in [-0.2, -0.15) is 0 Å². The van der Waals surface area contributed by atoms with E-state index < -0.39 is 5.97 Å². The van der Waals surface area contributed by atoms with Crippen LogP contribution in [0.4, 0.5) is 5.69 Å². The van der Waals surface area contributed by atoms with Crippen molar-refractivity contribution < 1.29 is 14.6 Å². The van der Waals surface area contributed by atoms with Crippen molar-refractivity contribution in [3.8, 4) is 0 Å². The summed E-state index contributed by atoms with van der Waals surface area (Å²) in [7, 11) is 0. The zero-order chi connectivity index (χ0) is 24.7.